The van der Waals surface area contributed by atoms with Gasteiger partial charge in [-0.1, -0.05) is 18.1 Å². The molecular formula is C8H6O2. The monoisotopic (exact) mass is 138 g/mol. The summed E-state index contributed by atoms with van der Waals surface area (Å²) in [7, 11) is 0. The predicted octanol–water partition coefficient (Wildman–Crippen LogP) is 1.31. The molecule has 1 rings (SSSR count). The fourth-order valence-electron chi connectivity index (χ4n) is 0.491. The Kier molecular flexibility index (Phi) is 0.905. The molecule has 0 aromatic heterocycles. The maximum atomic E-state index is 10.5. The van der Waals surface area contributed by atoms with Gasteiger partial charge in [0, 0.05) is 11.1 Å². The summed E-state index contributed by atoms with van der Waals surface area (Å²) in [6.07, 6.45) is 0.490. The standard InChI is InChI=1S/C8H6O2/c9-5-7-2-1-3-8(4-7)6-10/h1-6H/i1D,2D,3D,4D. The zero-order valence-electron chi connectivity index (χ0n) is 8.97. The second kappa shape index (κ2) is 2.92. The lowest BCUT2D eigenvalue weighted by Gasteiger charge is -1.89. The summed E-state index contributed by atoms with van der Waals surface area (Å²) >= 11 is 0. The quantitative estimate of drug-likeness (QED) is 0.577. The van der Waals surface area contributed by atoms with Gasteiger partial charge in [0.15, 0.2) is 0 Å². The van der Waals surface area contributed by atoms with Crippen LogP contribution in [0.5, 0.6) is 0 Å². The van der Waals surface area contributed by atoms with Crippen molar-refractivity contribution in [1.29, 1.82) is 0 Å². The van der Waals surface area contributed by atoms with Crippen molar-refractivity contribution < 1.29 is 15.1 Å². The topological polar surface area (TPSA) is 34.1 Å². The summed E-state index contributed by atoms with van der Waals surface area (Å²) in [5, 5.41) is 0. The van der Waals surface area contributed by atoms with Gasteiger partial charge in [-0.25, -0.2) is 0 Å². The van der Waals surface area contributed by atoms with Crippen LogP contribution in [-0.4, -0.2) is 12.6 Å². The number of hydrogen-bond acceptors (Lipinski definition) is 2. The molecular weight excluding hydrogens is 128 g/mol. The van der Waals surface area contributed by atoms with Gasteiger partial charge in [-0.3, -0.25) is 9.59 Å². The first-order chi connectivity index (χ1) is 6.54. The van der Waals surface area contributed by atoms with Crippen molar-refractivity contribution in [1.82, 2.24) is 0 Å². The van der Waals surface area contributed by atoms with Crippen LogP contribution in [0.2, 0.25) is 0 Å². The number of rotatable bonds is 2. The second-order valence-electron chi connectivity index (χ2n) is 1.56. The van der Waals surface area contributed by atoms with E-state index in [1.165, 1.54) is 0 Å². The molecule has 10 heavy (non-hydrogen) atoms. The molecule has 50 valence electrons. The predicted molar refractivity (Wildman–Crippen MR) is 37.2 cm³/mol. The Bertz CT molecular complexity index is 379. The van der Waals surface area contributed by atoms with E-state index in [0.29, 0.717) is 0 Å². The molecule has 0 amide bonds. The van der Waals surface area contributed by atoms with Gasteiger partial charge in [0.1, 0.15) is 12.6 Å². The van der Waals surface area contributed by atoms with Crippen LogP contribution < -0.4 is 0 Å². The van der Waals surface area contributed by atoms with Gasteiger partial charge >= 0.3 is 0 Å². The first-order valence-electron chi connectivity index (χ1n) is 4.55. The Labute approximate surface area is 64.1 Å². The lowest BCUT2D eigenvalue weighted by atomic mass is 10.2. The molecule has 0 N–H and O–H groups in total. The highest BCUT2D eigenvalue weighted by Crippen LogP contribution is 1.99. The average Bonchev–Trinajstić information content (AvgIpc) is 2.16. The Balaban J connectivity index is 3.72. The Morgan fingerprint density at radius 1 is 1.20 bits per heavy atom. The fraction of sp³-hybridized carbons (Fsp3) is 0. The molecule has 2 nitrogen and oxygen atoms in total. The molecule has 0 fully saturated rings. The van der Waals surface area contributed by atoms with Crippen LogP contribution in [0.15, 0.2) is 24.2 Å². The Morgan fingerprint density at radius 2 is 1.70 bits per heavy atom. The third-order valence-corrected chi connectivity index (χ3v) is 0.899. The highest BCUT2D eigenvalue weighted by Gasteiger charge is 1.90. The van der Waals surface area contributed by atoms with Crippen LogP contribution in [-0.2, 0) is 0 Å². The molecule has 0 atom stereocenters. The molecule has 0 saturated heterocycles. The van der Waals surface area contributed by atoms with Crippen LogP contribution in [0.25, 0.3) is 0 Å². The van der Waals surface area contributed by atoms with Crippen molar-refractivity contribution in [3.8, 4) is 0 Å². The average molecular weight is 138 g/mol. The summed E-state index contributed by atoms with van der Waals surface area (Å²) in [4.78, 5) is 21.0. The van der Waals surface area contributed by atoms with Gasteiger partial charge in [-0.2, -0.15) is 0 Å². The van der Waals surface area contributed by atoms with E-state index >= 15 is 0 Å². The van der Waals surface area contributed by atoms with Crippen molar-refractivity contribution >= 4 is 12.6 Å². The van der Waals surface area contributed by atoms with E-state index in [1.807, 2.05) is 0 Å². The molecule has 0 aliphatic rings. The molecule has 0 aliphatic heterocycles. The Hall–Kier alpha value is -1.44. The molecule has 0 radical (unpaired) electrons. The maximum absolute atomic E-state index is 10.5. The molecule has 0 aliphatic carbocycles. The van der Waals surface area contributed by atoms with E-state index in [1.54, 1.807) is 0 Å². The summed E-state index contributed by atoms with van der Waals surface area (Å²) in [6, 6.07) is -1.94. The Morgan fingerprint density at radius 3 is 2.10 bits per heavy atom. The van der Waals surface area contributed by atoms with Crippen LogP contribution >= 0.6 is 0 Å². The zero-order valence-corrected chi connectivity index (χ0v) is 4.97. The van der Waals surface area contributed by atoms with E-state index in [9.17, 15) is 9.59 Å². The van der Waals surface area contributed by atoms with Gasteiger partial charge in [-0.05, 0) is 6.04 Å². The number of aldehydes is 2. The lowest BCUT2D eigenvalue weighted by molar-refractivity contribution is 0.112. The fourth-order valence-corrected chi connectivity index (χ4v) is 0.491. The van der Waals surface area contributed by atoms with E-state index in [4.69, 9.17) is 5.48 Å². The lowest BCUT2D eigenvalue weighted by Crippen LogP contribution is -1.82. The molecule has 1 aromatic carbocycles. The molecule has 1 aromatic rings. The van der Waals surface area contributed by atoms with Crippen molar-refractivity contribution in [3.63, 3.8) is 0 Å². The van der Waals surface area contributed by atoms with Gasteiger partial charge < -0.3 is 0 Å². The van der Waals surface area contributed by atoms with Crippen LogP contribution in [0.1, 0.15) is 26.2 Å². The summed E-state index contributed by atoms with van der Waals surface area (Å²) in [5.74, 6) is 0. The van der Waals surface area contributed by atoms with Crippen molar-refractivity contribution in [2.75, 3.05) is 0 Å². The van der Waals surface area contributed by atoms with E-state index in [-0.39, 0.29) is 23.7 Å². The number of carbonyl (C=O) groups is 2. The van der Waals surface area contributed by atoms with Crippen LogP contribution in [0.3, 0.4) is 0 Å². The summed E-state index contributed by atoms with van der Waals surface area (Å²) < 4.78 is 29.1. The van der Waals surface area contributed by atoms with Gasteiger partial charge in [-0.15, -0.1) is 0 Å². The van der Waals surface area contributed by atoms with Gasteiger partial charge in [0.25, 0.3) is 0 Å². The summed E-state index contributed by atoms with van der Waals surface area (Å²) in [6.45, 7) is 0. The molecule has 2 heteroatoms. The van der Waals surface area contributed by atoms with Crippen molar-refractivity contribution in [2.24, 2.45) is 0 Å². The highest BCUT2D eigenvalue weighted by molar-refractivity contribution is 5.81. The molecule has 0 unspecified atom stereocenters. The number of carbonyl (C=O) groups excluding carboxylic acids is 2. The molecule has 0 heterocycles. The normalized spacial score (nSPS) is 14.4. The third kappa shape index (κ3) is 1.29. The minimum absolute atomic E-state index is 0.245. The largest absolute Gasteiger partial charge is 0.298 e. The van der Waals surface area contributed by atoms with Gasteiger partial charge in [0.2, 0.25) is 0 Å². The molecule has 0 spiro atoms. The maximum Gasteiger partial charge on any atom is 0.150 e. The highest BCUT2D eigenvalue weighted by atomic mass is 16.1. The van der Waals surface area contributed by atoms with E-state index in [2.05, 4.69) is 0 Å². The number of benzene rings is 1. The first-order valence-corrected chi connectivity index (χ1v) is 2.55. The minimum Gasteiger partial charge on any atom is -0.298 e. The van der Waals surface area contributed by atoms with Crippen LogP contribution in [0.4, 0.5) is 0 Å². The SMILES string of the molecule is [2H]c1c([2H])c(C=O)c([2H])c(C=O)c1[2H]. The smallest absolute Gasteiger partial charge is 0.150 e. The third-order valence-electron chi connectivity index (χ3n) is 0.899. The zero-order chi connectivity index (χ0) is 10.9. The van der Waals surface area contributed by atoms with E-state index in [0.717, 1.165) is 0 Å². The van der Waals surface area contributed by atoms with Crippen molar-refractivity contribution in [3.05, 3.63) is 35.3 Å². The molecule has 0 bridgehead atoms. The first kappa shape index (κ1) is 3.10. The van der Waals surface area contributed by atoms with Crippen LogP contribution in [0, 0.1) is 0 Å². The van der Waals surface area contributed by atoms with E-state index < -0.39 is 24.2 Å². The minimum atomic E-state index is -0.509. The summed E-state index contributed by atoms with van der Waals surface area (Å²) in [5.41, 5.74) is -0.652. The van der Waals surface area contributed by atoms with Crippen molar-refractivity contribution in [2.45, 2.75) is 0 Å². The number of hydrogen-bond donors (Lipinski definition) is 0. The molecule has 0 saturated carbocycles. The van der Waals surface area contributed by atoms with Gasteiger partial charge in [0.05, 0.1) is 5.48 Å². The second-order valence-corrected chi connectivity index (χ2v) is 1.56.